The Bertz CT molecular complexity index is 761. The Hall–Kier alpha value is -2.10. The van der Waals surface area contributed by atoms with E-state index in [0.717, 1.165) is 30.5 Å². The van der Waals surface area contributed by atoms with Crippen LogP contribution in [0.15, 0.2) is 42.2 Å². The number of carbonyl (C=O) groups excluding carboxylic acids is 1. The van der Waals surface area contributed by atoms with Crippen LogP contribution in [0.5, 0.6) is 0 Å². The van der Waals surface area contributed by atoms with Crippen LogP contribution in [-0.2, 0) is 11.3 Å². The lowest BCUT2D eigenvalue weighted by molar-refractivity contribution is -0.130. The lowest BCUT2D eigenvalue weighted by Crippen LogP contribution is -2.29. The third-order valence-electron chi connectivity index (χ3n) is 5.38. The zero-order valence-corrected chi connectivity index (χ0v) is 13.6. The first-order valence-electron chi connectivity index (χ1n) is 8.54. The maximum atomic E-state index is 12.6. The molecule has 4 heteroatoms. The molecular formula is C19H23N3O. The standard InChI is InChI=1S/C19H23N3O/c1-14-6-7-15-11-22(12-16(15)10-14)19(23)8-9-21-13-20-17-4-2-3-5-18(17)21/h2-6,13,15-16H,7-12H2,1H3/t15-,16+/m0/s1. The highest BCUT2D eigenvalue weighted by Crippen LogP contribution is 2.35. The second kappa shape index (κ2) is 5.84. The van der Waals surface area contributed by atoms with Gasteiger partial charge in [0.1, 0.15) is 0 Å². The van der Waals surface area contributed by atoms with E-state index in [1.807, 2.05) is 24.5 Å². The lowest BCUT2D eigenvalue weighted by Gasteiger charge is -2.21. The number of allylic oxidation sites excluding steroid dienone is 2. The molecule has 120 valence electrons. The second-order valence-corrected chi connectivity index (χ2v) is 6.99. The molecule has 1 saturated heterocycles. The van der Waals surface area contributed by atoms with E-state index >= 15 is 0 Å². The summed E-state index contributed by atoms with van der Waals surface area (Å²) in [7, 11) is 0. The first kappa shape index (κ1) is 14.5. The molecule has 2 aliphatic rings. The van der Waals surface area contributed by atoms with Crippen LogP contribution < -0.4 is 0 Å². The van der Waals surface area contributed by atoms with Crippen molar-refractivity contribution in [2.45, 2.75) is 32.7 Å². The van der Waals surface area contributed by atoms with E-state index in [4.69, 9.17) is 0 Å². The molecule has 4 rings (SSSR count). The van der Waals surface area contributed by atoms with Crippen LogP contribution in [0.1, 0.15) is 26.2 Å². The quantitative estimate of drug-likeness (QED) is 0.816. The van der Waals surface area contributed by atoms with E-state index < -0.39 is 0 Å². The Morgan fingerprint density at radius 3 is 3.00 bits per heavy atom. The van der Waals surface area contributed by atoms with Gasteiger partial charge < -0.3 is 9.47 Å². The van der Waals surface area contributed by atoms with Gasteiger partial charge >= 0.3 is 0 Å². The number of rotatable bonds is 3. The Balaban J connectivity index is 1.38. The molecule has 0 spiro atoms. The molecule has 0 N–H and O–H groups in total. The number of nitrogens with zero attached hydrogens (tertiary/aromatic N) is 3. The molecule has 23 heavy (non-hydrogen) atoms. The molecule has 1 fully saturated rings. The SMILES string of the molecule is CC1=CC[C@H]2CN(C(=O)CCn3cnc4ccccc43)C[C@H]2C1. The number of aryl methyl sites for hydroxylation is 1. The molecule has 4 nitrogen and oxygen atoms in total. The molecule has 1 amide bonds. The molecule has 2 heterocycles. The summed E-state index contributed by atoms with van der Waals surface area (Å²) < 4.78 is 2.09. The highest BCUT2D eigenvalue weighted by molar-refractivity contribution is 5.78. The van der Waals surface area contributed by atoms with Crippen molar-refractivity contribution >= 4 is 16.9 Å². The number of likely N-dealkylation sites (tertiary alicyclic amines) is 1. The van der Waals surface area contributed by atoms with E-state index in [1.54, 1.807) is 0 Å². The van der Waals surface area contributed by atoms with Crippen molar-refractivity contribution < 1.29 is 4.79 Å². The number of amides is 1. The van der Waals surface area contributed by atoms with Crippen molar-refractivity contribution in [2.75, 3.05) is 13.1 Å². The average Bonchev–Trinajstić information content (AvgIpc) is 3.16. The molecule has 1 aromatic heterocycles. The van der Waals surface area contributed by atoms with Gasteiger partial charge in [0.25, 0.3) is 0 Å². The first-order valence-corrected chi connectivity index (χ1v) is 8.54. The molecule has 2 atom stereocenters. The smallest absolute Gasteiger partial charge is 0.224 e. The van der Waals surface area contributed by atoms with Gasteiger partial charge in [0, 0.05) is 26.1 Å². The fourth-order valence-corrected chi connectivity index (χ4v) is 4.05. The summed E-state index contributed by atoms with van der Waals surface area (Å²) in [4.78, 5) is 19.1. The summed E-state index contributed by atoms with van der Waals surface area (Å²) >= 11 is 0. The lowest BCUT2D eigenvalue weighted by atomic mass is 9.83. The molecule has 0 saturated carbocycles. The van der Waals surface area contributed by atoms with Crippen LogP contribution in [0.2, 0.25) is 0 Å². The van der Waals surface area contributed by atoms with Crippen LogP contribution in [0.4, 0.5) is 0 Å². The number of benzene rings is 1. The summed E-state index contributed by atoms with van der Waals surface area (Å²) in [6.07, 6.45) is 7.07. The van der Waals surface area contributed by atoms with Gasteiger partial charge in [-0.05, 0) is 43.7 Å². The third-order valence-corrected chi connectivity index (χ3v) is 5.38. The predicted molar refractivity (Wildman–Crippen MR) is 90.9 cm³/mol. The number of fused-ring (bicyclic) bond motifs is 2. The van der Waals surface area contributed by atoms with E-state index in [-0.39, 0.29) is 5.91 Å². The van der Waals surface area contributed by atoms with Gasteiger partial charge in [0.2, 0.25) is 5.91 Å². The highest BCUT2D eigenvalue weighted by atomic mass is 16.2. The number of aromatic nitrogens is 2. The van der Waals surface area contributed by atoms with Crippen molar-refractivity contribution in [1.82, 2.24) is 14.5 Å². The van der Waals surface area contributed by atoms with Crippen molar-refractivity contribution in [3.05, 3.63) is 42.2 Å². The van der Waals surface area contributed by atoms with E-state index in [1.165, 1.54) is 12.0 Å². The van der Waals surface area contributed by atoms with Crippen molar-refractivity contribution in [1.29, 1.82) is 0 Å². The molecule has 0 unspecified atom stereocenters. The van der Waals surface area contributed by atoms with Crippen LogP contribution in [0, 0.1) is 11.8 Å². The van der Waals surface area contributed by atoms with Gasteiger partial charge in [-0.1, -0.05) is 23.8 Å². The number of hydrogen-bond donors (Lipinski definition) is 0. The molecule has 1 aliphatic heterocycles. The highest BCUT2D eigenvalue weighted by Gasteiger charge is 2.35. The van der Waals surface area contributed by atoms with Crippen LogP contribution in [0.25, 0.3) is 11.0 Å². The van der Waals surface area contributed by atoms with E-state index in [0.29, 0.717) is 24.8 Å². The van der Waals surface area contributed by atoms with E-state index in [9.17, 15) is 4.79 Å². The van der Waals surface area contributed by atoms with E-state index in [2.05, 4.69) is 33.5 Å². The Labute approximate surface area is 136 Å². The van der Waals surface area contributed by atoms with Crippen molar-refractivity contribution in [3.63, 3.8) is 0 Å². The summed E-state index contributed by atoms with van der Waals surface area (Å²) in [6, 6.07) is 8.08. The fourth-order valence-electron chi connectivity index (χ4n) is 4.05. The second-order valence-electron chi connectivity index (χ2n) is 6.99. The summed E-state index contributed by atoms with van der Waals surface area (Å²) in [5.41, 5.74) is 3.59. The minimum absolute atomic E-state index is 0.287. The third kappa shape index (κ3) is 2.78. The molecular weight excluding hydrogens is 286 g/mol. The summed E-state index contributed by atoms with van der Waals surface area (Å²) in [6.45, 7) is 4.81. The predicted octanol–water partition coefficient (Wildman–Crippen LogP) is 3.24. The molecule has 0 bridgehead atoms. The van der Waals surface area contributed by atoms with Crippen LogP contribution in [0.3, 0.4) is 0 Å². The van der Waals surface area contributed by atoms with Crippen molar-refractivity contribution in [3.8, 4) is 0 Å². The summed E-state index contributed by atoms with van der Waals surface area (Å²) in [5.74, 6) is 1.64. The molecule has 1 aliphatic carbocycles. The van der Waals surface area contributed by atoms with Gasteiger partial charge in [-0.25, -0.2) is 4.98 Å². The van der Waals surface area contributed by atoms with Crippen LogP contribution >= 0.6 is 0 Å². The Morgan fingerprint density at radius 2 is 2.09 bits per heavy atom. The maximum Gasteiger partial charge on any atom is 0.224 e. The van der Waals surface area contributed by atoms with Gasteiger partial charge in [-0.15, -0.1) is 0 Å². The molecule has 2 aromatic rings. The molecule has 1 aromatic carbocycles. The minimum atomic E-state index is 0.287. The van der Waals surface area contributed by atoms with Gasteiger partial charge in [-0.3, -0.25) is 4.79 Å². The van der Waals surface area contributed by atoms with Crippen molar-refractivity contribution in [2.24, 2.45) is 11.8 Å². The maximum absolute atomic E-state index is 12.6. The number of carbonyl (C=O) groups is 1. The Morgan fingerprint density at radius 1 is 1.26 bits per heavy atom. The molecule has 0 radical (unpaired) electrons. The van der Waals surface area contributed by atoms with Gasteiger partial charge in [-0.2, -0.15) is 0 Å². The topological polar surface area (TPSA) is 38.1 Å². The van der Waals surface area contributed by atoms with Gasteiger partial charge in [0.05, 0.1) is 17.4 Å². The largest absolute Gasteiger partial charge is 0.342 e. The van der Waals surface area contributed by atoms with Gasteiger partial charge in [0.15, 0.2) is 0 Å². The monoisotopic (exact) mass is 309 g/mol. The summed E-state index contributed by atoms with van der Waals surface area (Å²) in [5, 5.41) is 0. The number of imidazole rings is 1. The number of para-hydroxylation sites is 2. The Kier molecular flexibility index (Phi) is 3.68. The average molecular weight is 309 g/mol. The normalized spacial score (nSPS) is 23.9. The fraction of sp³-hybridized carbons (Fsp3) is 0.474. The zero-order valence-electron chi connectivity index (χ0n) is 13.6. The zero-order chi connectivity index (χ0) is 15.8. The first-order chi connectivity index (χ1) is 11.2. The number of hydrogen-bond acceptors (Lipinski definition) is 2. The van der Waals surface area contributed by atoms with Crippen LogP contribution in [-0.4, -0.2) is 33.4 Å². The minimum Gasteiger partial charge on any atom is -0.342 e.